The van der Waals surface area contributed by atoms with Crippen molar-refractivity contribution in [2.75, 3.05) is 22.9 Å². The Labute approximate surface area is 153 Å². The van der Waals surface area contributed by atoms with Gasteiger partial charge in [0.15, 0.2) is 0 Å². The fraction of sp³-hybridized carbons (Fsp3) is 0.500. The summed E-state index contributed by atoms with van der Waals surface area (Å²) in [6, 6.07) is 3.78. The Morgan fingerprint density at radius 3 is 2.92 bits per heavy atom. The maximum absolute atomic E-state index is 12.6. The van der Waals surface area contributed by atoms with Gasteiger partial charge in [0.25, 0.3) is 0 Å². The lowest BCUT2D eigenvalue weighted by molar-refractivity contribution is -0.122. The van der Waals surface area contributed by atoms with E-state index in [2.05, 4.69) is 15.5 Å². The molecule has 2 fully saturated rings. The fourth-order valence-corrected chi connectivity index (χ4v) is 4.87. The number of nitrogens with one attached hydrogen (secondary N) is 1. The number of hydrogen-bond donors (Lipinski definition) is 1. The standard InChI is InChI=1S/C16H19N5O2S2/c22-13-6-2-8-21(13)16-19-18-15(25-16)20-7-1-5-12(20)14(23)17-10-11-4-3-9-24-11/h3-4,9,12H,1-2,5-8,10H2,(H,17,23)/t12-/m1/s1. The summed E-state index contributed by atoms with van der Waals surface area (Å²) in [5.41, 5.74) is 0. The maximum atomic E-state index is 12.6. The topological polar surface area (TPSA) is 78.4 Å². The largest absolute Gasteiger partial charge is 0.349 e. The molecule has 0 aliphatic carbocycles. The number of carbonyl (C=O) groups excluding carboxylic acids is 2. The number of rotatable bonds is 5. The molecule has 2 saturated heterocycles. The van der Waals surface area contributed by atoms with Crippen molar-refractivity contribution in [3.63, 3.8) is 0 Å². The smallest absolute Gasteiger partial charge is 0.243 e. The summed E-state index contributed by atoms with van der Waals surface area (Å²) in [5, 5.41) is 14.8. The van der Waals surface area contributed by atoms with Gasteiger partial charge in [-0.15, -0.1) is 21.5 Å². The highest BCUT2D eigenvalue weighted by atomic mass is 32.1. The molecule has 2 aromatic rings. The summed E-state index contributed by atoms with van der Waals surface area (Å²) >= 11 is 3.04. The predicted octanol–water partition coefficient (Wildman–Crippen LogP) is 2.01. The highest BCUT2D eigenvalue weighted by Gasteiger charge is 2.34. The van der Waals surface area contributed by atoms with Crippen molar-refractivity contribution in [2.24, 2.45) is 0 Å². The molecule has 4 heterocycles. The normalized spacial score (nSPS) is 20.5. The molecule has 132 valence electrons. The van der Waals surface area contributed by atoms with Crippen LogP contribution in [0.15, 0.2) is 17.5 Å². The quantitative estimate of drug-likeness (QED) is 0.862. The lowest BCUT2D eigenvalue weighted by Gasteiger charge is -2.22. The zero-order valence-corrected chi connectivity index (χ0v) is 15.3. The van der Waals surface area contributed by atoms with Crippen LogP contribution in [0.25, 0.3) is 0 Å². The van der Waals surface area contributed by atoms with Crippen molar-refractivity contribution < 1.29 is 9.59 Å². The Morgan fingerprint density at radius 1 is 1.28 bits per heavy atom. The third-order valence-corrected chi connectivity index (χ3v) is 6.39. The van der Waals surface area contributed by atoms with E-state index in [0.717, 1.165) is 35.8 Å². The molecule has 0 saturated carbocycles. The second-order valence-electron chi connectivity index (χ2n) is 6.16. The Morgan fingerprint density at radius 2 is 2.16 bits per heavy atom. The SMILES string of the molecule is O=C(NCc1cccs1)[C@H]1CCCN1c1nnc(N2CCCC2=O)s1. The number of nitrogens with zero attached hydrogens (tertiary/aromatic N) is 4. The van der Waals surface area contributed by atoms with E-state index in [9.17, 15) is 9.59 Å². The van der Waals surface area contributed by atoms with Gasteiger partial charge in [-0.3, -0.25) is 14.5 Å². The first-order valence-corrected chi connectivity index (χ1v) is 10.1. The number of carbonyl (C=O) groups is 2. The molecule has 7 nitrogen and oxygen atoms in total. The Bertz CT molecular complexity index is 760. The monoisotopic (exact) mass is 377 g/mol. The minimum Gasteiger partial charge on any atom is -0.349 e. The highest BCUT2D eigenvalue weighted by Crippen LogP contribution is 2.33. The van der Waals surface area contributed by atoms with Crippen LogP contribution in [0.1, 0.15) is 30.6 Å². The van der Waals surface area contributed by atoms with Gasteiger partial charge < -0.3 is 10.2 Å². The molecule has 0 bridgehead atoms. The molecule has 9 heteroatoms. The zero-order chi connectivity index (χ0) is 17.2. The van der Waals surface area contributed by atoms with E-state index in [1.54, 1.807) is 16.2 Å². The van der Waals surface area contributed by atoms with Gasteiger partial charge in [0.1, 0.15) is 6.04 Å². The van der Waals surface area contributed by atoms with Crippen LogP contribution in [-0.4, -0.2) is 41.1 Å². The van der Waals surface area contributed by atoms with Gasteiger partial charge in [0.05, 0.1) is 6.54 Å². The van der Waals surface area contributed by atoms with Crippen LogP contribution in [0.2, 0.25) is 0 Å². The van der Waals surface area contributed by atoms with Crippen molar-refractivity contribution in [1.29, 1.82) is 0 Å². The van der Waals surface area contributed by atoms with E-state index in [1.165, 1.54) is 11.3 Å². The van der Waals surface area contributed by atoms with Crippen molar-refractivity contribution in [1.82, 2.24) is 15.5 Å². The Kier molecular flexibility index (Phi) is 4.67. The van der Waals surface area contributed by atoms with E-state index in [4.69, 9.17) is 0 Å². The first-order valence-electron chi connectivity index (χ1n) is 8.43. The molecular weight excluding hydrogens is 358 g/mol. The van der Waals surface area contributed by atoms with Crippen LogP contribution in [0.5, 0.6) is 0 Å². The number of hydrogen-bond acceptors (Lipinski definition) is 7. The van der Waals surface area contributed by atoms with E-state index < -0.39 is 0 Å². The zero-order valence-electron chi connectivity index (χ0n) is 13.7. The molecule has 2 amide bonds. The molecular formula is C16H19N5O2S2. The van der Waals surface area contributed by atoms with Crippen LogP contribution < -0.4 is 15.1 Å². The third-order valence-electron chi connectivity index (χ3n) is 4.53. The molecule has 2 aromatic heterocycles. The molecule has 2 aliphatic heterocycles. The predicted molar refractivity (Wildman–Crippen MR) is 98.0 cm³/mol. The average Bonchev–Trinajstić information content (AvgIpc) is 3.37. The first kappa shape index (κ1) is 16.5. The van der Waals surface area contributed by atoms with Gasteiger partial charge in [0.2, 0.25) is 22.1 Å². The summed E-state index contributed by atoms with van der Waals surface area (Å²) in [4.78, 5) is 29.3. The van der Waals surface area contributed by atoms with Gasteiger partial charge in [0, 0.05) is 24.4 Å². The highest BCUT2D eigenvalue weighted by molar-refractivity contribution is 7.19. The van der Waals surface area contributed by atoms with Crippen LogP contribution >= 0.6 is 22.7 Å². The molecule has 25 heavy (non-hydrogen) atoms. The molecule has 0 unspecified atom stereocenters. The van der Waals surface area contributed by atoms with Crippen molar-refractivity contribution >= 4 is 44.8 Å². The van der Waals surface area contributed by atoms with Crippen LogP contribution in [0.4, 0.5) is 10.3 Å². The molecule has 1 atom stereocenters. The van der Waals surface area contributed by atoms with Crippen molar-refractivity contribution in [2.45, 2.75) is 38.3 Å². The second-order valence-corrected chi connectivity index (χ2v) is 8.13. The molecule has 0 radical (unpaired) electrons. The van der Waals surface area contributed by atoms with Gasteiger partial charge in [-0.1, -0.05) is 17.4 Å². The van der Waals surface area contributed by atoms with Gasteiger partial charge in [-0.2, -0.15) is 0 Å². The lowest BCUT2D eigenvalue weighted by Crippen LogP contribution is -2.43. The second kappa shape index (κ2) is 7.09. The van der Waals surface area contributed by atoms with Crippen LogP contribution in [-0.2, 0) is 16.1 Å². The number of thiophene rings is 1. The lowest BCUT2D eigenvalue weighted by atomic mass is 10.2. The summed E-state index contributed by atoms with van der Waals surface area (Å²) in [5.74, 6) is 0.134. The van der Waals surface area contributed by atoms with Gasteiger partial charge >= 0.3 is 0 Å². The van der Waals surface area contributed by atoms with E-state index in [0.29, 0.717) is 24.6 Å². The third kappa shape index (κ3) is 3.38. The molecule has 1 N–H and O–H groups in total. The Balaban J connectivity index is 1.43. The molecule has 0 spiro atoms. The van der Waals surface area contributed by atoms with Crippen molar-refractivity contribution in [3.05, 3.63) is 22.4 Å². The average molecular weight is 377 g/mol. The Hall–Kier alpha value is -2.00. The van der Waals surface area contributed by atoms with E-state index in [1.807, 2.05) is 22.4 Å². The van der Waals surface area contributed by atoms with Crippen molar-refractivity contribution in [3.8, 4) is 0 Å². The first-order chi connectivity index (χ1) is 12.2. The van der Waals surface area contributed by atoms with E-state index >= 15 is 0 Å². The summed E-state index contributed by atoms with van der Waals surface area (Å²) < 4.78 is 0. The van der Waals surface area contributed by atoms with Crippen LogP contribution in [0.3, 0.4) is 0 Å². The summed E-state index contributed by atoms with van der Waals surface area (Å²) in [6.07, 6.45) is 3.21. The summed E-state index contributed by atoms with van der Waals surface area (Å²) in [6.45, 7) is 2.06. The summed E-state index contributed by atoms with van der Waals surface area (Å²) in [7, 11) is 0. The molecule has 0 aromatic carbocycles. The van der Waals surface area contributed by atoms with Crippen LogP contribution in [0, 0.1) is 0 Å². The van der Waals surface area contributed by atoms with Gasteiger partial charge in [-0.05, 0) is 30.7 Å². The number of aromatic nitrogens is 2. The molecule has 4 rings (SSSR count). The number of anilines is 2. The minimum absolute atomic E-state index is 0.0277. The van der Waals surface area contributed by atoms with Gasteiger partial charge in [-0.25, -0.2) is 0 Å². The van der Waals surface area contributed by atoms with E-state index in [-0.39, 0.29) is 17.9 Å². The number of amides is 2. The fourth-order valence-electron chi connectivity index (χ4n) is 3.26. The molecule has 2 aliphatic rings. The minimum atomic E-state index is -0.213. The maximum Gasteiger partial charge on any atom is 0.243 e.